The summed E-state index contributed by atoms with van der Waals surface area (Å²) >= 11 is 4.60. The zero-order valence-corrected chi connectivity index (χ0v) is 14.9. The van der Waals surface area contributed by atoms with Gasteiger partial charge in [0.2, 0.25) is 0 Å². The van der Waals surface area contributed by atoms with Crippen LogP contribution in [-0.4, -0.2) is 25.4 Å². The van der Waals surface area contributed by atoms with E-state index in [2.05, 4.69) is 43.5 Å². The fourth-order valence-corrected chi connectivity index (χ4v) is 2.77. The minimum absolute atomic E-state index is 0.587. The molecule has 0 heterocycles. The fourth-order valence-electron chi connectivity index (χ4n) is 2.51. The molecular formula is C18H25N3OS. The van der Waals surface area contributed by atoms with Gasteiger partial charge >= 0.3 is 0 Å². The number of hydrogen-bond donors (Lipinski definition) is 2. The minimum Gasteiger partial charge on any atom is -0.492 e. The van der Waals surface area contributed by atoms with Crippen LogP contribution in [0.15, 0.2) is 51.7 Å². The second kappa shape index (κ2) is 8.11. The van der Waals surface area contributed by atoms with E-state index in [1.807, 2.05) is 25.1 Å². The van der Waals surface area contributed by atoms with Gasteiger partial charge < -0.3 is 15.4 Å². The van der Waals surface area contributed by atoms with Gasteiger partial charge in [-0.3, -0.25) is 4.99 Å². The quantitative estimate of drug-likeness (QED) is 0.773. The number of nitrogens with two attached hydrogens (primary N) is 1. The van der Waals surface area contributed by atoms with E-state index in [9.17, 15) is 0 Å². The zero-order chi connectivity index (χ0) is 16.8. The average molecular weight is 331 g/mol. The third-order valence-corrected chi connectivity index (χ3v) is 4.12. The fraction of sp³-hybridized carbons (Fsp3) is 0.389. The molecule has 0 amide bonds. The van der Waals surface area contributed by atoms with E-state index in [1.165, 1.54) is 5.69 Å². The van der Waals surface area contributed by atoms with E-state index in [0.29, 0.717) is 24.5 Å². The van der Waals surface area contributed by atoms with E-state index in [0.717, 1.165) is 29.4 Å². The lowest BCUT2D eigenvalue weighted by atomic mass is 10.1. The van der Waals surface area contributed by atoms with Crippen molar-refractivity contribution in [2.45, 2.75) is 32.1 Å². The lowest BCUT2D eigenvalue weighted by Crippen LogP contribution is -2.21. The van der Waals surface area contributed by atoms with Crippen LogP contribution in [0.25, 0.3) is 0 Å². The molecule has 1 aromatic carbocycles. The number of nitrogens with zero attached hydrogens (tertiary/aromatic N) is 2. The summed E-state index contributed by atoms with van der Waals surface area (Å²) in [7, 11) is 0. The maximum Gasteiger partial charge on any atom is 0.143 e. The van der Waals surface area contributed by atoms with E-state index >= 15 is 0 Å². The first-order valence-corrected chi connectivity index (χ1v) is 8.49. The first-order chi connectivity index (χ1) is 11.1. The molecule has 2 rings (SSSR count). The molecule has 124 valence electrons. The van der Waals surface area contributed by atoms with Crippen LogP contribution in [0.4, 0.5) is 11.4 Å². The highest BCUT2D eigenvalue weighted by Gasteiger charge is 2.11. The lowest BCUT2D eigenvalue weighted by molar-refractivity contribution is 0.237. The summed E-state index contributed by atoms with van der Waals surface area (Å²) in [6.07, 6.45) is 4.55. The highest BCUT2D eigenvalue weighted by molar-refractivity contribution is 7.80. The van der Waals surface area contributed by atoms with Gasteiger partial charge in [0.15, 0.2) is 0 Å². The molecule has 0 unspecified atom stereocenters. The van der Waals surface area contributed by atoms with E-state index < -0.39 is 0 Å². The SMILES string of the molecule is CCOC1=CC(=Nc2ccc(N(CC)CC)cc2S)CC=C1N. The monoisotopic (exact) mass is 331 g/mol. The van der Waals surface area contributed by atoms with Crippen molar-refractivity contribution in [3.8, 4) is 0 Å². The van der Waals surface area contributed by atoms with Crippen LogP contribution in [0, 0.1) is 0 Å². The van der Waals surface area contributed by atoms with Crippen LogP contribution < -0.4 is 10.6 Å². The molecule has 4 nitrogen and oxygen atoms in total. The van der Waals surface area contributed by atoms with Crippen LogP contribution in [0.2, 0.25) is 0 Å². The first kappa shape index (κ1) is 17.5. The molecule has 0 saturated carbocycles. The summed E-state index contributed by atoms with van der Waals surface area (Å²) in [6, 6.07) is 6.17. The van der Waals surface area contributed by atoms with Gasteiger partial charge in [0, 0.05) is 41.9 Å². The van der Waals surface area contributed by atoms with Gasteiger partial charge in [0.05, 0.1) is 18.0 Å². The predicted molar refractivity (Wildman–Crippen MR) is 101 cm³/mol. The van der Waals surface area contributed by atoms with Gasteiger partial charge in [0.1, 0.15) is 5.76 Å². The summed E-state index contributed by atoms with van der Waals surface area (Å²) in [5.74, 6) is 0.693. The number of hydrogen-bond acceptors (Lipinski definition) is 5. The molecule has 0 spiro atoms. The number of allylic oxidation sites excluding steroid dienone is 2. The van der Waals surface area contributed by atoms with Crippen molar-refractivity contribution in [3.63, 3.8) is 0 Å². The Morgan fingerprint density at radius 1 is 1.26 bits per heavy atom. The van der Waals surface area contributed by atoms with Crippen molar-refractivity contribution in [1.29, 1.82) is 0 Å². The summed E-state index contributed by atoms with van der Waals surface area (Å²) in [4.78, 5) is 7.86. The van der Waals surface area contributed by atoms with Crippen molar-refractivity contribution < 1.29 is 4.74 Å². The molecular weight excluding hydrogens is 306 g/mol. The van der Waals surface area contributed by atoms with Crippen molar-refractivity contribution in [2.75, 3.05) is 24.6 Å². The Kier molecular flexibility index (Phi) is 6.16. The maximum atomic E-state index is 5.93. The van der Waals surface area contributed by atoms with Gasteiger partial charge in [0.25, 0.3) is 0 Å². The highest BCUT2D eigenvalue weighted by Crippen LogP contribution is 2.29. The highest BCUT2D eigenvalue weighted by atomic mass is 32.1. The first-order valence-electron chi connectivity index (χ1n) is 8.05. The van der Waals surface area contributed by atoms with Crippen LogP contribution in [0.1, 0.15) is 27.2 Å². The lowest BCUT2D eigenvalue weighted by Gasteiger charge is -2.21. The average Bonchev–Trinajstić information content (AvgIpc) is 2.54. The maximum absolute atomic E-state index is 5.93. The molecule has 5 heteroatoms. The van der Waals surface area contributed by atoms with Crippen LogP contribution >= 0.6 is 12.6 Å². The number of benzene rings is 1. The van der Waals surface area contributed by atoms with Gasteiger partial charge in [-0.1, -0.05) is 6.08 Å². The van der Waals surface area contributed by atoms with E-state index in [-0.39, 0.29) is 0 Å². The Morgan fingerprint density at radius 3 is 2.61 bits per heavy atom. The zero-order valence-electron chi connectivity index (χ0n) is 14.0. The molecule has 1 aliphatic rings. The smallest absolute Gasteiger partial charge is 0.143 e. The summed E-state index contributed by atoms with van der Waals surface area (Å²) in [5.41, 5.74) is 9.56. The third-order valence-electron chi connectivity index (χ3n) is 3.76. The number of ether oxygens (including phenoxy) is 1. The topological polar surface area (TPSA) is 50.8 Å². The molecule has 23 heavy (non-hydrogen) atoms. The number of rotatable bonds is 6. The van der Waals surface area contributed by atoms with Gasteiger partial charge in [-0.15, -0.1) is 12.6 Å². The normalized spacial score (nSPS) is 16.1. The molecule has 0 atom stereocenters. The minimum atomic E-state index is 0.587. The Labute approximate surface area is 144 Å². The Bertz CT molecular complexity index is 646. The van der Waals surface area contributed by atoms with Crippen molar-refractivity contribution in [2.24, 2.45) is 10.7 Å². The van der Waals surface area contributed by atoms with Gasteiger partial charge in [-0.05, 0) is 39.0 Å². The summed E-state index contributed by atoms with van der Waals surface area (Å²) < 4.78 is 5.53. The van der Waals surface area contributed by atoms with E-state index in [4.69, 9.17) is 15.5 Å². The molecule has 0 radical (unpaired) electrons. The van der Waals surface area contributed by atoms with Crippen molar-refractivity contribution in [1.82, 2.24) is 0 Å². The largest absolute Gasteiger partial charge is 0.492 e. The predicted octanol–water partition coefficient (Wildman–Crippen LogP) is 4.06. The molecule has 1 aromatic rings. The van der Waals surface area contributed by atoms with Gasteiger partial charge in [-0.25, -0.2) is 0 Å². The molecule has 2 N–H and O–H groups in total. The second-order valence-electron chi connectivity index (χ2n) is 5.25. The molecule has 0 saturated heterocycles. The number of aliphatic imine (C=N–C) groups is 1. The molecule has 0 aliphatic heterocycles. The van der Waals surface area contributed by atoms with Crippen molar-refractivity contribution in [3.05, 3.63) is 41.8 Å². The van der Waals surface area contributed by atoms with Crippen molar-refractivity contribution >= 4 is 29.7 Å². The Hall–Kier alpha value is -1.88. The Morgan fingerprint density at radius 2 is 2.00 bits per heavy atom. The second-order valence-corrected chi connectivity index (χ2v) is 5.74. The van der Waals surface area contributed by atoms with Gasteiger partial charge in [-0.2, -0.15) is 0 Å². The number of thiol groups is 1. The molecule has 1 aliphatic carbocycles. The molecule has 0 bridgehead atoms. The van der Waals surface area contributed by atoms with Crippen LogP contribution in [-0.2, 0) is 4.74 Å². The van der Waals surface area contributed by atoms with Crippen LogP contribution in [0.3, 0.4) is 0 Å². The Balaban J connectivity index is 2.26. The van der Waals surface area contributed by atoms with Crippen LogP contribution in [0.5, 0.6) is 0 Å². The summed E-state index contributed by atoms with van der Waals surface area (Å²) in [6.45, 7) is 8.77. The standard InChI is InChI=1S/C18H25N3OS/c1-4-21(5-2)14-8-10-16(18(23)12-14)20-13-7-9-15(19)17(11-13)22-6-3/h8-12,23H,4-7,19H2,1-3H3. The third kappa shape index (κ3) is 4.32. The molecule has 0 fully saturated rings. The number of anilines is 1. The molecule has 0 aromatic heterocycles. The summed E-state index contributed by atoms with van der Waals surface area (Å²) in [5, 5.41) is 0. The van der Waals surface area contributed by atoms with E-state index in [1.54, 1.807) is 0 Å².